The van der Waals surface area contributed by atoms with Gasteiger partial charge in [0.25, 0.3) is 0 Å². The summed E-state index contributed by atoms with van der Waals surface area (Å²) in [5.41, 5.74) is 0.193. The van der Waals surface area contributed by atoms with Crippen molar-refractivity contribution < 1.29 is 19.1 Å². The number of hydrogen-bond acceptors (Lipinski definition) is 5. The molecule has 0 aromatic heterocycles. The Bertz CT molecular complexity index is 884. The van der Waals surface area contributed by atoms with Gasteiger partial charge in [-0.15, -0.1) is 0 Å². The molecular weight excluding hydrogens is 368 g/mol. The molecule has 4 rings (SSSR count). The van der Waals surface area contributed by atoms with Crippen LogP contribution in [0.3, 0.4) is 0 Å². The van der Waals surface area contributed by atoms with E-state index in [0.717, 1.165) is 13.1 Å². The van der Waals surface area contributed by atoms with Gasteiger partial charge in [0.2, 0.25) is 5.91 Å². The number of carbonyl (C=O) groups excluding carboxylic acids is 3. The smallest absolute Gasteiger partial charge is 0.221 e. The molecule has 0 radical (unpaired) electrons. The SMILES string of the molecule is O=C(CCC1(c2ccccc2)C(=O)c2ccccc2C1=O)NCN1CCOCC1. The highest BCUT2D eigenvalue weighted by Crippen LogP contribution is 2.42. The van der Waals surface area contributed by atoms with Crippen LogP contribution in [0.2, 0.25) is 0 Å². The molecule has 1 heterocycles. The third kappa shape index (κ3) is 3.61. The average molecular weight is 392 g/mol. The van der Waals surface area contributed by atoms with E-state index in [1.54, 1.807) is 36.4 Å². The van der Waals surface area contributed by atoms with E-state index in [0.29, 0.717) is 36.6 Å². The van der Waals surface area contributed by atoms with Crippen LogP contribution in [-0.4, -0.2) is 55.3 Å². The first kappa shape index (κ1) is 19.5. The van der Waals surface area contributed by atoms with Crippen molar-refractivity contribution in [3.05, 3.63) is 71.3 Å². The van der Waals surface area contributed by atoms with Crippen LogP contribution in [0.4, 0.5) is 0 Å². The Labute approximate surface area is 169 Å². The number of Topliss-reactive ketones (excluding diaryl/α,β-unsaturated/α-hetero) is 2. The lowest BCUT2D eigenvalue weighted by molar-refractivity contribution is -0.122. The number of fused-ring (bicyclic) bond motifs is 1. The predicted molar refractivity (Wildman–Crippen MR) is 108 cm³/mol. The van der Waals surface area contributed by atoms with Crippen LogP contribution in [0.15, 0.2) is 54.6 Å². The highest BCUT2D eigenvalue weighted by atomic mass is 16.5. The summed E-state index contributed by atoms with van der Waals surface area (Å²) in [5, 5.41) is 2.90. The second-order valence-electron chi connectivity index (χ2n) is 7.46. The summed E-state index contributed by atoms with van der Waals surface area (Å²) in [6.45, 7) is 3.33. The first-order valence-corrected chi connectivity index (χ1v) is 9.94. The largest absolute Gasteiger partial charge is 0.379 e. The minimum atomic E-state index is -1.33. The van der Waals surface area contributed by atoms with Crippen molar-refractivity contribution in [1.82, 2.24) is 10.2 Å². The Balaban J connectivity index is 1.53. The molecule has 150 valence electrons. The number of rotatable bonds is 6. The lowest BCUT2D eigenvalue weighted by atomic mass is 9.72. The zero-order valence-electron chi connectivity index (χ0n) is 16.2. The van der Waals surface area contributed by atoms with Gasteiger partial charge in [0, 0.05) is 30.6 Å². The number of nitrogens with zero attached hydrogens (tertiary/aromatic N) is 1. The van der Waals surface area contributed by atoms with Crippen molar-refractivity contribution in [3.63, 3.8) is 0 Å². The van der Waals surface area contributed by atoms with E-state index in [2.05, 4.69) is 10.2 Å². The first-order chi connectivity index (χ1) is 14.1. The van der Waals surface area contributed by atoms with Crippen molar-refractivity contribution in [2.45, 2.75) is 18.3 Å². The normalized spacial score (nSPS) is 18.5. The highest BCUT2D eigenvalue weighted by molar-refractivity contribution is 6.33. The fourth-order valence-electron chi connectivity index (χ4n) is 4.15. The number of ketones is 2. The Morgan fingerprint density at radius 3 is 2.14 bits per heavy atom. The van der Waals surface area contributed by atoms with Gasteiger partial charge in [-0.25, -0.2) is 0 Å². The lowest BCUT2D eigenvalue weighted by Crippen LogP contribution is -2.44. The van der Waals surface area contributed by atoms with E-state index in [1.165, 1.54) is 0 Å². The number of carbonyl (C=O) groups is 3. The third-order valence-electron chi connectivity index (χ3n) is 5.79. The minimum absolute atomic E-state index is 0.102. The number of ether oxygens (including phenoxy) is 1. The Morgan fingerprint density at radius 2 is 1.52 bits per heavy atom. The van der Waals surface area contributed by atoms with Crippen molar-refractivity contribution in [2.24, 2.45) is 0 Å². The maximum atomic E-state index is 13.4. The van der Waals surface area contributed by atoms with Gasteiger partial charge in [-0.1, -0.05) is 54.6 Å². The zero-order valence-corrected chi connectivity index (χ0v) is 16.2. The zero-order chi connectivity index (χ0) is 20.3. The summed E-state index contributed by atoms with van der Waals surface area (Å²) in [5.74, 6) is -0.598. The summed E-state index contributed by atoms with van der Waals surface area (Å²) in [6.07, 6.45) is 0.253. The molecular formula is C23H24N2O4. The van der Waals surface area contributed by atoms with Gasteiger partial charge < -0.3 is 10.1 Å². The van der Waals surface area contributed by atoms with E-state index in [1.807, 2.05) is 18.2 Å². The van der Waals surface area contributed by atoms with E-state index < -0.39 is 5.41 Å². The van der Waals surface area contributed by atoms with Crippen LogP contribution in [0, 0.1) is 0 Å². The molecule has 0 saturated carbocycles. The van der Waals surface area contributed by atoms with E-state index in [4.69, 9.17) is 4.74 Å². The molecule has 0 bridgehead atoms. The van der Waals surface area contributed by atoms with E-state index in [9.17, 15) is 14.4 Å². The molecule has 0 unspecified atom stereocenters. The maximum Gasteiger partial charge on any atom is 0.221 e. The number of nitrogens with one attached hydrogen (secondary N) is 1. The molecule has 29 heavy (non-hydrogen) atoms. The van der Waals surface area contributed by atoms with Crippen LogP contribution >= 0.6 is 0 Å². The van der Waals surface area contributed by atoms with Crippen LogP contribution in [-0.2, 0) is 14.9 Å². The summed E-state index contributed by atoms with van der Waals surface area (Å²) >= 11 is 0. The van der Waals surface area contributed by atoms with Crippen LogP contribution in [0.5, 0.6) is 0 Å². The second-order valence-corrected chi connectivity index (χ2v) is 7.46. The fraction of sp³-hybridized carbons (Fsp3) is 0.348. The maximum absolute atomic E-state index is 13.4. The highest BCUT2D eigenvalue weighted by Gasteiger charge is 2.53. The monoisotopic (exact) mass is 392 g/mol. The van der Waals surface area contributed by atoms with Crippen molar-refractivity contribution in [3.8, 4) is 0 Å². The molecule has 1 aliphatic heterocycles. The molecule has 1 saturated heterocycles. The second kappa shape index (κ2) is 8.27. The van der Waals surface area contributed by atoms with Crippen molar-refractivity contribution >= 4 is 17.5 Å². The summed E-state index contributed by atoms with van der Waals surface area (Å²) < 4.78 is 5.31. The van der Waals surface area contributed by atoms with Crippen LogP contribution in [0.25, 0.3) is 0 Å². The van der Waals surface area contributed by atoms with E-state index >= 15 is 0 Å². The van der Waals surface area contributed by atoms with Crippen molar-refractivity contribution in [1.29, 1.82) is 0 Å². The quantitative estimate of drug-likeness (QED) is 0.763. The van der Waals surface area contributed by atoms with Crippen molar-refractivity contribution in [2.75, 3.05) is 33.0 Å². The summed E-state index contributed by atoms with van der Waals surface area (Å²) in [7, 11) is 0. The molecule has 2 aromatic carbocycles. The van der Waals surface area contributed by atoms with Gasteiger partial charge in [-0.3, -0.25) is 19.3 Å². The molecule has 1 fully saturated rings. The predicted octanol–water partition coefficient (Wildman–Crippen LogP) is 2.19. The Morgan fingerprint density at radius 1 is 0.931 bits per heavy atom. The number of benzene rings is 2. The summed E-state index contributed by atoms with van der Waals surface area (Å²) in [6, 6.07) is 16.0. The Hall–Kier alpha value is -2.83. The van der Waals surface area contributed by atoms with Crippen LogP contribution < -0.4 is 5.32 Å². The lowest BCUT2D eigenvalue weighted by Gasteiger charge is -2.28. The van der Waals surface area contributed by atoms with E-state index in [-0.39, 0.29) is 30.3 Å². The molecule has 1 amide bonds. The standard InChI is InChI=1S/C23H24N2O4/c26-20(24-16-25-12-14-29-15-13-25)10-11-23(17-6-2-1-3-7-17)21(27)18-8-4-5-9-19(18)22(23)28/h1-9H,10-16H2,(H,24,26). The van der Waals surface area contributed by atoms with Gasteiger partial charge >= 0.3 is 0 Å². The number of morpholine rings is 1. The van der Waals surface area contributed by atoms with Gasteiger partial charge in [-0.2, -0.15) is 0 Å². The molecule has 1 N–H and O–H groups in total. The average Bonchev–Trinajstić information content (AvgIpc) is 3.00. The van der Waals surface area contributed by atoms with Gasteiger partial charge in [0.05, 0.1) is 19.9 Å². The summed E-state index contributed by atoms with van der Waals surface area (Å²) in [4.78, 5) is 41.4. The molecule has 1 aliphatic carbocycles. The molecule has 2 aliphatic rings. The molecule has 0 spiro atoms. The number of hydrogen-bond donors (Lipinski definition) is 1. The molecule has 6 heteroatoms. The third-order valence-corrected chi connectivity index (χ3v) is 5.79. The topological polar surface area (TPSA) is 75.7 Å². The first-order valence-electron chi connectivity index (χ1n) is 9.94. The molecule has 6 nitrogen and oxygen atoms in total. The van der Waals surface area contributed by atoms with Gasteiger partial charge in [0.15, 0.2) is 11.6 Å². The Kier molecular flexibility index (Phi) is 5.56. The van der Waals surface area contributed by atoms with Gasteiger partial charge in [-0.05, 0) is 12.0 Å². The molecule has 0 atom stereocenters. The van der Waals surface area contributed by atoms with Crippen LogP contribution in [0.1, 0.15) is 39.1 Å². The number of amides is 1. The molecule has 2 aromatic rings. The fourth-order valence-corrected chi connectivity index (χ4v) is 4.15. The van der Waals surface area contributed by atoms with Gasteiger partial charge in [0.1, 0.15) is 5.41 Å². The minimum Gasteiger partial charge on any atom is -0.379 e.